The zero-order valence-electron chi connectivity index (χ0n) is 11.9. The van der Waals surface area contributed by atoms with Crippen molar-refractivity contribution < 1.29 is 0 Å². The number of nitrogens with one attached hydrogen (secondary N) is 1. The fourth-order valence-electron chi connectivity index (χ4n) is 2.28. The van der Waals surface area contributed by atoms with Crippen LogP contribution in [0.2, 0.25) is 0 Å². The van der Waals surface area contributed by atoms with Crippen molar-refractivity contribution in [2.45, 2.75) is 45.3 Å². The van der Waals surface area contributed by atoms with Crippen LogP contribution >= 0.6 is 15.9 Å². The molecule has 0 atom stereocenters. The minimum absolute atomic E-state index is 0.733. The van der Waals surface area contributed by atoms with E-state index in [4.69, 9.17) is 0 Å². The zero-order chi connectivity index (χ0) is 14.1. The molecule has 20 heavy (non-hydrogen) atoms. The fourth-order valence-corrected chi connectivity index (χ4v) is 3.02. The Kier molecular flexibility index (Phi) is 3.94. The van der Waals surface area contributed by atoms with E-state index in [2.05, 4.69) is 44.6 Å². The molecule has 0 unspecified atom stereocenters. The van der Waals surface area contributed by atoms with Gasteiger partial charge < -0.3 is 5.32 Å². The van der Waals surface area contributed by atoms with Gasteiger partial charge >= 0.3 is 0 Å². The van der Waals surface area contributed by atoms with E-state index in [1.807, 2.05) is 22.6 Å². The number of rotatable bonds is 6. The fraction of sp³-hybridized carbons (Fsp3) is 0.571. The van der Waals surface area contributed by atoms with Gasteiger partial charge in [0.25, 0.3) is 0 Å². The summed E-state index contributed by atoms with van der Waals surface area (Å²) in [5.74, 6) is 0. The van der Waals surface area contributed by atoms with Crippen LogP contribution in [0.15, 0.2) is 16.9 Å². The maximum atomic E-state index is 4.52. The molecule has 0 bridgehead atoms. The molecule has 5 nitrogen and oxygen atoms in total. The molecule has 1 saturated carbocycles. The van der Waals surface area contributed by atoms with Gasteiger partial charge in [-0.2, -0.15) is 10.2 Å². The van der Waals surface area contributed by atoms with E-state index >= 15 is 0 Å². The Labute approximate surface area is 127 Å². The third-order valence-electron chi connectivity index (χ3n) is 3.67. The first-order valence-corrected chi connectivity index (χ1v) is 7.91. The van der Waals surface area contributed by atoms with Crippen LogP contribution in [0.4, 0.5) is 0 Å². The number of hydrogen-bond acceptors (Lipinski definition) is 3. The highest BCUT2D eigenvalue weighted by molar-refractivity contribution is 9.10. The van der Waals surface area contributed by atoms with Crippen molar-refractivity contribution >= 4 is 15.9 Å². The first kappa shape index (κ1) is 13.8. The Balaban J connectivity index is 1.69. The first-order chi connectivity index (χ1) is 9.67. The van der Waals surface area contributed by atoms with Crippen molar-refractivity contribution in [3.63, 3.8) is 0 Å². The maximum absolute atomic E-state index is 4.52. The van der Waals surface area contributed by atoms with Gasteiger partial charge in [-0.1, -0.05) is 6.92 Å². The van der Waals surface area contributed by atoms with Crippen molar-refractivity contribution in [3.8, 4) is 0 Å². The molecule has 1 aliphatic carbocycles. The second kappa shape index (κ2) is 5.69. The van der Waals surface area contributed by atoms with Gasteiger partial charge in [0.05, 0.1) is 28.6 Å². The number of halogens is 1. The lowest BCUT2D eigenvalue weighted by Gasteiger charge is -2.03. The molecule has 0 radical (unpaired) electrons. The van der Waals surface area contributed by atoms with Gasteiger partial charge in [0, 0.05) is 31.4 Å². The summed E-state index contributed by atoms with van der Waals surface area (Å²) in [6.07, 6.45) is 7.62. The number of aromatic nitrogens is 4. The summed E-state index contributed by atoms with van der Waals surface area (Å²) in [4.78, 5) is 0. The van der Waals surface area contributed by atoms with Crippen molar-refractivity contribution in [3.05, 3.63) is 33.8 Å². The van der Waals surface area contributed by atoms with Crippen LogP contribution in [0, 0.1) is 0 Å². The van der Waals surface area contributed by atoms with Gasteiger partial charge in [-0.15, -0.1) is 0 Å². The van der Waals surface area contributed by atoms with Crippen LogP contribution in [-0.2, 0) is 26.6 Å². The lowest BCUT2D eigenvalue weighted by molar-refractivity contribution is 0.615. The molecule has 0 aromatic carbocycles. The summed E-state index contributed by atoms with van der Waals surface area (Å²) in [5, 5.41) is 12.5. The summed E-state index contributed by atoms with van der Waals surface area (Å²) < 4.78 is 5.02. The van der Waals surface area contributed by atoms with Crippen LogP contribution in [0.3, 0.4) is 0 Å². The van der Waals surface area contributed by atoms with E-state index in [9.17, 15) is 0 Å². The number of nitrogens with zero attached hydrogens (tertiary/aromatic N) is 4. The minimum Gasteiger partial charge on any atom is -0.310 e. The van der Waals surface area contributed by atoms with Gasteiger partial charge in [-0.3, -0.25) is 9.36 Å². The largest absolute Gasteiger partial charge is 0.310 e. The molecule has 2 aromatic heterocycles. The normalized spacial score (nSPS) is 14.9. The van der Waals surface area contributed by atoms with Crippen molar-refractivity contribution in [2.75, 3.05) is 0 Å². The Morgan fingerprint density at radius 2 is 2.25 bits per heavy atom. The van der Waals surface area contributed by atoms with Gasteiger partial charge in [0.2, 0.25) is 0 Å². The van der Waals surface area contributed by atoms with E-state index in [1.165, 1.54) is 18.4 Å². The highest BCUT2D eigenvalue weighted by Gasteiger charge is 2.20. The molecular weight excluding hydrogens is 318 g/mol. The van der Waals surface area contributed by atoms with Crippen molar-refractivity contribution in [1.82, 2.24) is 24.9 Å². The molecule has 0 saturated heterocycles. The molecule has 0 spiro atoms. The first-order valence-electron chi connectivity index (χ1n) is 7.12. The smallest absolute Gasteiger partial charge is 0.0839 e. The predicted molar refractivity (Wildman–Crippen MR) is 81.5 cm³/mol. The summed E-state index contributed by atoms with van der Waals surface area (Å²) >= 11 is 3.65. The van der Waals surface area contributed by atoms with E-state index in [0.717, 1.165) is 41.4 Å². The van der Waals surface area contributed by atoms with Crippen molar-refractivity contribution in [2.24, 2.45) is 7.05 Å². The van der Waals surface area contributed by atoms with E-state index in [-0.39, 0.29) is 0 Å². The van der Waals surface area contributed by atoms with Gasteiger partial charge in [-0.25, -0.2) is 0 Å². The average Bonchev–Trinajstić information content (AvgIpc) is 3.11. The van der Waals surface area contributed by atoms with Gasteiger partial charge in [-0.05, 0) is 35.2 Å². The van der Waals surface area contributed by atoms with E-state index in [0.29, 0.717) is 0 Å². The molecule has 6 heteroatoms. The standard InChI is InChI=1S/C14H20BrN5/c1-3-12-14(15)13(19(2)18-12)9-20-8-10(7-17-20)6-16-11-4-5-11/h7-8,11,16H,3-6,9H2,1-2H3. The van der Waals surface area contributed by atoms with Crippen LogP contribution in [0.25, 0.3) is 0 Å². The average molecular weight is 338 g/mol. The summed E-state index contributed by atoms with van der Waals surface area (Å²) in [6.45, 7) is 3.78. The second-order valence-corrected chi connectivity index (χ2v) is 6.18. The Morgan fingerprint density at radius 3 is 2.90 bits per heavy atom. The van der Waals surface area contributed by atoms with Crippen LogP contribution in [-0.4, -0.2) is 25.6 Å². The molecule has 1 aliphatic rings. The maximum Gasteiger partial charge on any atom is 0.0839 e. The van der Waals surface area contributed by atoms with E-state index < -0.39 is 0 Å². The monoisotopic (exact) mass is 337 g/mol. The summed E-state index contributed by atoms with van der Waals surface area (Å²) in [6, 6.07) is 0.733. The molecule has 1 N–H and O–H groups in total. The third-order valence-corrected chi connectivity index (χ3v) is 4.59. The number of hydrogen-bond donors (Lipinski definition) is 1. The Hall–Kier alpha value is -1.14. The minimum atomic E-state index is 0.733. The quantitative estimate of drug-likeness (QED) is 0.879. The topological polar surface area (TPSA) is 47.7 Å². The molecule has 2 aromatic rings. The molecule has 2 heterocycles. The lowest BCUT2D eigenvalue weighted by Crippen LogP contribution is -2.14. The molecule has 108 valence electrons. The molecular formula is C14H20BrN5. The second-order valence-electron chi connectivity index (χ2n) is 5.39. The summed E-state index contributed by atoms with van der Waals surface area (Å²) in [7, 11) is 1.98. The SMILES string of the molecule is CCc1nn(C)c(Cn2cc(CNC3CC3)cn2)c1Br. The zero-order valence-corrected chi connectivity index (χ0v) is 13.5. The third kappa shape index (κ3) is 2.96. The van der Waals surface area contributed by atoms with Gasteiger partial charge in [0.1, 0.15) is 0 Å². The highest BCUT2D eigenvalue weighted by atomic mass is 79.9. The van der Waals surface area contributed by atoms with E-state index in [1.54, 1.807) is 0 Å². The number of aryl methyl sites for hydroxylation is 2. The van der Waals surface area contributed by atoms with Gasteiger partial charge in [0.15, 0.2) is 0 Å². The Morgan fingerprint density at radius 1 is 1.45 bits per heavy atom. The molecule has 0 aliphatic heterocycles. The lowest BCUT2D eigenvalue weighted by atomic mass is 10.3. The molecule has 1 fully saturated rings. The molecule has 3 rings (SSSR count). The summed E-state index contributed by atoms with van der Waals surface area (Å²) in [5.41, 5.74) is 3.50. The van der Waals surface area contributed by atoms with Crippen LogP contribution in [0.5, 0.6) is 0 Å². The predicted octanol–water partition coefficient (Wildman–Crippen LogP) is 2.24. The molecule has 0 amide bonds. The van der Waals surface area contributed by atoms with Crippen LogP contribution in [0.1, 0.15) is 36.7 Å². The highest BCUT2D eigenvalue weighted by Crippen LogP contribution is 2.22. The Bertz CT molecular complexity index is 597. The van der Waals surface area contributed by atoms with Crippen LogP contribution < -0.4 is 5.32 Å². The van der Waals surface area contributed by atoms with Crippen molar-refractivity contribution in [1.29, 1.82) is 0 Å².